The van der Waals surface area contributed by atoms with E-state index in [-0.39, 0.29) is 76.3 Å². The molecule has 6 heterocycles. The minimum Gasteiger partial charge on any atom is -0.461 e. The van der Waals surface area contributed by atoms with Gasteiger partial charge in [0.1, 0.15) is 41.4 Å². The zero-order valence-electron chi connectivity index (χ0n) is 29.0. The number of amides is 1. The lowest BCUT2D eigenvalue weighted by Gasteiger charge is -2.35. The molecule has 52 heavy (non-hydrogen) atoms. The minimum absolute atomic E-state index is 0.0528. The normalized spacial score (nSPS) is 22.7. The highest BCUT2D eigenvalue weighted by atomic mass is 35.5. The van der Waals surface area contributed by atoms with E-state index in [2.05, 4.69) is 29.8 Å². The summed E-state index contributed by atoms with van der Waals surface area (Å²) in [6, 6.07) is 9.09. The number of halogens is 5. The van der Waals surface area contributed by atoms with Gasteiger partial charge in [0.05, 0.1) is 23.0 Å². The Hall–Kier alpha value is -4.95. The second-order valence-electron chi connectivity index (χ2n) is 13.3. The van der Waals surface area contributed by atoms with Crippen LogP contribution in [0.3, 0.4) is 0 Å². The Balaban J connectivity index is 1.16. The van der Waals surface area contributed by atoms with Crippen molar-refractivity contribution in [2.24, 2.45) is 0 Å². The Morgan fingerprint density at radius 1 is 1.12 bits per heavy atom. The van der Waals surface area contributed by atoms with Gasteiger partial charge in [-0.15, -0.1) is 0 Å². The Labute approximate surface area is 302 Å². The molecule has 0 unspecified atom stereocenters. The van der Waals surface area contributed by atoms with Gasteiger partial charge in [0.15, 0.2) is 11.6 Å². The van der Waals surface area contributed by atoms with Crippen LogP contribution in [0.4, 0.5) is 23.4 Å². The SMILES string of the molecule is [2H][C@H]1CN(c2nc(OC[C@@]34CCCN3C[C@H](F)C4)nc3c(F)c(-c4cccc5ccc(F)c(Cl)c45)ncc23)CCN1C(=O)/C(F)=C/c1ccnc(C)n1. The number of ether oxygens (including phenoxy) is 1. The van der Waals surface area contributed by atoms with Crippen molar-refractivity contribution in [2.75, 3.05) is 50.8 Å². The molecule has 0 N–H and O–H groups in total. The standard InChI is InChI=1S/C37H33ClF4N8O2/c1-21-43-10-8-24(45-21)16-28(41)35(51)49-14-12-48(13-15-49)34-26-18-44-32(25-5-2-4-22-6-7-27(40)30(38)29(22)25)31(42)33(26)46-36(47-34)52-20-37-9-3-11-50(37)19-23(39)17-37/h2,4-8,10,16,18,23H,3,9,11-15,17,19-20H2,1H3/b28-16-/t23-,37+/m1/s1/i14D/t14-,23+,37-/m0. The number of carbonyl (C=O) groups is 1. The van der Waals surface area contributed by atoms with E-state index in [1.54, 1.807) is 36.1 Å². The topological polar surface area (TPSA) is 100 Å². The number of benzene rings is 2. The molecule has 0 saturated carbocycles. The van der Waals surface area contributed by atoms with Gasteiger partial charge in [0.25, 0.3) is 5.91 Å². The van der Waals surface area contributed by atoms with E-state index in [1.165, 1.54) is 24.5 Å². The number of pyridine rings is 1. The summed E-state index contributed by atoms with van der Waals surface area (Å²) in [4.78, 5) is 39.6. The van der Waals surface area contributed by atoms with Gasteiger partial charge >= 0.3 is 6.01 Å². The molecule has 3 saturated heterocycles. The predicted molar refractivity (Wildman–Crippen MR) is 188 cm³/mol. The summed E-state index contributed by atoms with van der Waals surface area (Å²) in [5.41, 5.74) is -0.348. The zero-order chi connectivity index (χ0) is 37.0. The third kappa shape index (κ3) is 6.17. The lowest BCUT2D eigenvalue weighted by Crippen LogP contribution is -2.49. The molecular weight excluding hydrogens is 700 g/mol. The quantitative estimate of drug-likeness (QED) is 0.137. The van der Waals surface area contributed by atoms with E-state index in [1.807, 2.05) is 0 Å². The number of nitrogens with zero attached hydrogens (tertiary/aromatic N) is 8. The number of aryl methyl sites for hydroxylation is 1. The molecule has 15 heteroatoms. The van der Waals surface area contributed by atoms with Crippen LogP contribution in [-0.2, 0) is 4.79 Å². The van der Waals surface area contributed by atoms with E-state index in [4.69, 9.17) is 17.7 Å². The van der Waals surface area contributed by atoms with Crippen molar-refractivity contribution in [2.45, 2.75) is 37.9 Å². The fourth-order valence-corrected chi connectivity index (χ4v) is 7.81. The maximum atomic E-state index is 16.8. The number of aromatic nitrogens is 5. The lowest BCUT2D eigenvalue weighted by atomic mass is 9.95. The van der Waals surface area contributed by atoms with E-state index >= 15 is 8.78 Å². The van der Waals surface area contributed by atoms with Crippen LogP contribution in [0.15, 0.2) is 54.6 Å². The third-order valence-electron chi connectivity index (χ3n) is 10.0. The van der Waals surface area contributed by atoms with Crippen molar-refractivity contribution in [1.82, 2.24) is 34.7 Å². The average Bonchev–Trinajstić information content (AvgIpc) is 3.67. The summed E-state index contributed by atoms with van der Waals surface area (Å²) >= 11 is 6.39. The average molecular weight is 734 g/mol. The summed E-state index contributed by atoms with van der Waals surface area (Å²) in [6.07, 6.45) is 4.77. The maximum absolute atomic E-state index is 16.8. The summed E-state index contributed by atoms with van der Waals surface area (Å²) < 4.78 is 76.1. The van der Waals surface area contributed by atoms with Gasteiger partial charge in [-0.1, -0.05) is 35.9 Å². The van der Waals surface area contributed by atoms with Gasteiger partial charge in [-0.05, 0) is 43.8 Å². The van der Waals surface area contributed by atoms with Crippen molar-refractivity contribution in [3.63, 3.8) is 0 Å². The van der Waals surface area contributed by atoms with Crippen molar-refractivity contribution < 1.29 is 28.5 Å². The predicted octanol–water partition coefficient (Wildman–Crippen LogP) is 6.49. The molecule has 1 amide bonds. The largest absolute Gasteiger partial charge is 0.461 e. The first-order chi connectivity index (χ1) is 25.5. The second-order valence-corrected chi connectivity index (χ2v) is 13.7. The number of hydrogen-bond donors (Lipinski definition) is 0. The van der Waals surface area contributed by atoms with E-state index in [0.717, 1.165) is 30.4 Å². The highest BCUT2D eigenvalue weighted by molar-refractivity contribution is 6.36. The fourth-order valence-electron chi connectivity index (χ4n) is 7.54. The monoisotopic (exact) mass is 733 g/mol. The van der Waals surface area contributed by atoms with Crippen LogP contribution in [0, 0.1) is 18.6 Å². The van der Waals surface area contributed by atoms with Crippen molar-refractivity contribution >= 4 is 51.1 Å². The van der Waals surface area contributed by atoms with E-state index in [0.29, 0.717) is 24.2 Å². The van der Waals surface area contributed by atoms with Gasteiger partial charge in [-0.25, -0.2) is 27.5 Å². The minimum atomic E-state index is -1.23. The molecule has 3 aromatic heterocycles. The number of fused-ring (bicyclic) bond motifs is 3. The molecule has 3 aliphatic rings. The summed E-state index contributed by atoms with van der Waals surface area (Å²) in [6.45, 7) is 1.49. The molecule has 10 nitrogen and oxygen atoms in total. The van der Waals surface area contributed by atoms with Crippen LogP contribution in [0.25, 0.3) is 39.0 Å². The molecule has 2 aromatic carbocycles. The molecule has 0 bridgehead atoms. The van der Waals surface area contributed by atoms with Crippen LogP contribution in [0.5, 0.6) is 6.01 Å². The van der Waals surface area contributed by atoms with Gasteiger partial charge in [-0.3, -0.25) is 14.7 Å². The first kappa shape index (κ1) is 32.9. The maximum Gasteiger partial charge on any atom is 0.319 e. The van der Waals surface area contributed by atoms with Crippen molar-refractivity contribution in [1.29, 1.82) is 0 Å². The van der Waals surface area contributed by atoms with Gasteiger partial charge in [0.2, 0.25) is 0 Å². The third-order valence-corrected chi connectivity index (χ3v) is 10.4. The molecule has 3 atom stereocenters. The summed E-state index contributed by atoms with van der Waals surface area (Å²) in [5.74, 6) is -2.95. The van der Waals surface area contributed by atoms with Gasteiger partial charge in [-0.2, -0.15) is 9.97 Å². The molecular formula is C37H33ClF4N8O2. The highest BCUT2D eigenvalue weighted by Crippen LogP contribution is 2.41. The summed E-state index contributed by atoms with van der Waals surface area (Å²) in [7, 11) is 0. The number of carbonyl (C=O) groups excluding carboxylic acids is 1. The van der Waals surface area contributed by atoms with Crippen LogP contribution in [0.1, 0.15) is 32.2 Å². The number of anilines is 1. The smallest absolute Gasteiger partial charge is 0.319 e. The first-order valence-corrected chi connectivity index (χ1v) is 17.3. The molecule has 3 fully saturated rings. The molecule has 0 spiro atoms. The number of rotatable bonds is 7. The Kier molecular flexibility index (Phi) is 8.58. The van der Waals surface area contributed by atoms with Crippen LogP contribution >= 0.6 is 11.6 Å². The van der Waals surface area contributed by atoms with Crippen molar-refractivity contribution in [3.05, 3.63) is 82.8 Å². The highest BCUT2D eigenvalue weighted by Gasteiger charge is 2.49. The number of hydrogen-bond acceptors (Lipinski definition) is 9. The number of piperazine rings is 1. The summed E-state index contributed by atoms with van der Waals surface area (Å²) in [5, 5.41) is 0.876. The molecule has 0 aliphatic carbocycles. The van der Waals surface area contributed by atoms with Crippen molar-refractivity contribution in [3.8, 4) is 17.3 Å². The molecule has 8 rings (SSSR count). The van der Waals surface area contributed by atoms with E-state index in [9.17, 15) is 13.6 Å². The van der Waals surface area contributed by atoms with Crippen LogP contribution in [0.2, 0.25) is 5.02 Å². The Bertz CT molecular complexity index is 2300. The zero-order valence-corrected chi connectivity index (χ0v) is 28.8. The Morgan fingerprint density at radius 2 is 1.98 bits per heavy atom. The van der Waals surface area contributed by atoms with Crippen LogP contribution in [-0.4, -0.2) is 98.2 Å². The first-order valence-electron chi connectivity index (χ1n) is 17.5. The molecule has 5 aromatic rings. The number of alkyl halides is 1. The Morgan fingerprint density at radius 3 is 2.81 bits per heavy atom. The van der Waals surface area contributed by atoms with E-state index < -0.39 is 41.6 Å². The van der Waals surface area contributed by atoms with Gasteiger partial charge in [0, 0.05) is 68.5 Å². The van der Waals surface area contributed by atoms with Crippen LogP contribution < -0.4 is 9.64 Å². The molecule has 268 valence electrons. The molecule has 0 radical (unpaired) electrons. The fraction of sp³-hybridized carbons (Fsp3) is 0.351. The lowest BCUT2D eigenvalue weighted by molar-refractivity contribution is -0.128. The van der Waals surface area contributed by atoms with Gasteiger partial charge < -0.3 is 14.5 Å². The second kappa shape index (κ2) is 13.6. The molecule has 3 aliphatic heterocycles.